The molecule has 0 atom stereocenters. The Morgan fingerprint density at radius 1 is 1.10 bits per heavy atom. The average Bonchev–Trinajstić information content (AvgIpc) is 2.51. The van der Waals surface area contributed by atoms with Crippen LogP contribution in [0.4, 0.5) is 21.8 Å². The minimum Gasteiger partial charge on any atom is -0.354 e. The highest BCUT2D eigenvalue weighted by Gasteiger charge is 2.08. The van der Waals surface area contributed by atoms with E-state index in [4.69, 9.17) is 0 Å². The molecule has 0 saturated carbocycles. The van der Waals surface area contributed by atoms with Gasteiger partial charge in [0.15, 0.2) is 11.6 Å². The summed E-state index contributed by atoms with van der Waals surface area (Å²) in [5.41, 5.74) is 0.813. The first-order chi connectivity index (χ1) is 10.3. The lowest BCUT2D eigenvalue weighted by molar-refractivity contribution is 0.619. The monoisotopic (exact) mass is 282 g/mol. The third-order valence-corrected chi connectivity index (χ3v) is 3.12. The Morgan fingerprint density at radius 2 is 1.90 bits per heavy atom. The maximum Gasteiger partial charge on any atom is 0.224 e. The van der Waals surface area contributed by atoms with E-state index < -0.39 is 5.82 Å². The lowest BCUT2D eigenvalue weighted by Crippen LogP contribution is -2.06. The highest BCUT2D eigenvalue weighted by atomic mass is 19.1. The zero-order valence-corrected chi connectivity index (χ0v) is 11.6. The van der Waals surface area contributed by atoms with Crippen LogP contribution in [-0.4, -0.2) is 16.5 Å². The number of hydrogen-bond acceptors (Lipinski definition) is 4. The van der Waals surface area contributed by atoms with E-state index in [0.717, 1.165) is 16.5 Å². The summed E-state index contributed by atoms with van der Waals surface area (Å²) in [5, 5.41) is 8.12. The third-order valence-electron chi connectivity index (χ3n) is 3.12. The molecule has 0 spiro atoms. The van der Waals surface area contributed by atoms with Crippen LogP contribution in [0.2, 0.25) is 0 Å². The van der Waals surface area contributed by atoms with Crippen LogP contribution in [0.15, 0.2) is 48.7 Å². The van der Waals surface area contributed by atoms with Crippen molar-refractivity contribution in [3.05, 3.63) is 54.5 Å². The normalized spacial score (nSPS) is 10.6. The van der Waals surface area contributed by atoms with Gasteiger partial charge in [0.25, 0.3) is 0 Å². The van der Waals surface area contributed by atoms with E-state index in [1.165, 1.54) is 6.20 Å². The first-order valence-electron chi connectivity index (χ1n) is 6.79. The average molecular weight is 282 g/mol. The van der Waals surface area contributed by atoms with Crippen LogP contribution in [-0.2, 0) is 0 Å². The number of nitrogens with one attached hydrogen (secondary N) is 2. The standard InChI is InChI=1S/C16H15FN4/c1-2-18-16-19-10-13(17)15(21-16)20-14-9-5-7-11-6-3-4-8-12(11)14/h3-10H,2H2,1H3,(H2,18,19,20,21). The molecule has 3 aromatic rings. The zero-order valence-electron chi connectivity index (χ0n) is 11.6. The topological polar surface area (TPSA) is 49.8 Å². The molecule has 0 saturated heterocycles. The Labute approximate surface area is 122 Å². The third kappa shape index (κ3) is 2.76. The van der Waals surface area contributed by atoms with Gasteiger partial charge in [-0.25, -0.2) is 9.37 Å². The molecule has 1 aromatic heterocycles. The molecule has 0 aliphatic rings. The van der Waals surface area contributed by atoms with Crippen molar-refractivity contribution in [2.45, 2.75) is 6.92 Å². The van der Waals surface area contributed by atoms with E-state index in [9.17, 15) is 4.39 Å². The van der Waals surface area contributed by atoms with Gasteiger partial charge in [-0.05, 0) is 18.4 Å². The Balaban J connectivity index is 2.00. The van der Waals surface area contributed by atoms with Gasteiger partial charge in [-0.15, -0.1) is 0 Å². The van der Waals surface area contributed by atoms with Crippen molar-refractivity contribution >= 4 is 28.2 Å². The second-order valence-corrected chi connectivity index (χ2v) is 4.57. The van der Waals surface area contributed by atoms with Crippen LogP contribution in [0.5, 0.6) is 0 Å². The zero-order chi connectivity index (χ0) is 14.7. The molecule has 0 unspecified atom stereocenters. The lowest BCUT2D eigenvalue weighted by atomic mass is 10.1. The molecule has 0 aliphatic carbocycles. The number of nitrogens with zero attached hydrogens (tertiary/aromatic N) is 2. The van der Waals surface area contributed by atoms with Crippen molar-refractivity contribution in [3.63, 3.8) is 0 Å². The molecule has 0 aliphatic heterocycles. The Bertz CT molecular complexity index is 768. The molecule has 106 valence electrons. The summed E-state index contributed by atoms with van der Waals surface area (Å²) in [6.07, 6.45) is 1.17. The Kier molecular flexibility index (Phi) is 3.64. The van der Waals surface area contributed by atoms with E-state index >= 15 is 0 Å². The minimum absolute atomic E-state index is 0.164. The summed E-state index contributed by atoms with van der Waals surface area (Å²) < 4.78 is 13.9. The molecule has 2 aromatic carbocycles. The molecule has 0 amide bonds. The van der Waals surface area contributed by atoms with Crippen molar-refractivity contribution in [1.82, 2.24) is 9.97 Å². The summed E-state index contributed by atoms with van der Waals surface area (Å²) in [6, 6.07) is 13.8. The molecule has 2 N–H and O–H groups in total. The Morgan fingerprint density at radius 3 is 2.76 bits per heavy atom. The molecule has 0 fully saturated rings. The summed E-state index contributed by atoms with van der Waals surface area (Å²) >= 11 is 0. The number of benzene rings is 2. The van der Waals surface area contributed by atoms with E-state index in [1.54, 1.807) is 0 Å². The molecule has 4 nitrogen and oxygen atoms in total. The van der Waals surface area contributed by atoms with Crippen LogP contribution in [0.3, 0.4) is 0 Å². The summed E-state index contributed by atoms with van der Waals surface area (Å²) in [4.78, 5) is 8.05. The van der Waals surface area contributed by atoms with Crippen molar-refractivity contribution < 1.29 is 4.39 Å². The fourth-order valence-corrected chi connectivity index (χ4v) is 2.16. The van der Waals surface area contributed by atoms with Gasteiger partial charge in [-0.3, -0.25) is 0 Å². The van der Waals surface area contributed by atoms with Gasteiger partial charge >= 0.3 is 0 Å². The predicted molar refractivity (Wildman–Crippen MR) is 83.4 cm³/mol. The summed E-state index contributed by atoms with van der Waals surface area (Å²) in [7, 11) is 0. The van der Waals surface area contributed by atoms with Crippen LogP contribution in [0.25, 0.3) is 10.8 Å². The van der Waals surface area contributed by atoms with Gasteiger partial charge in [0, 0.05) is 17.6 Å². The predicted octanol–water partition coefficient (Wildman–Crippen LogP) is 3.94. The second-order valence-electron chi connectivity index (χ2n) is 4.57. The van der Waals surface area contributed by atoms with Crippen molar-refractivity contribution in [3.8, 4) is 0 Å². The highest BCUT2D eigenvalue weighted by Crippen LogP contribution is 2.26. The molecule has 5 heteroatoms. The van der Waals surface area contributed by atoms with E-state index in [-0.39, 0.29) is 5.82 Å². The van der Waals surface area contributed by atoms with E-state index in [2.05, 4.69) is 20.6 Å². The maximum absolute atomic E-state index is 13.9. The van der Waals surface area contributed by atoms with Gasteiger partial charge in [-0.2, -0.15) is 4.98 Å². The van der Waals surface area contributed by atoms with Crippen molar-refractivity contribution in [2.24, 2.45) is 0 Å². The first-order valence-corrected chi connectivity index (χ1v) is 6.79. The number of aromatic nitrogens is 2. The Hall–Kier alpha value is -2.69. The van der Waals surface area contributed by atoms with Crippen LogP contribution in [0.1, 0.15) is 6.92 Å². The summed E-state index contributed by atoms with van der Waals surface area (Å²) in [5.74, 6) is 0.0866. The highest BCUT2D eigenvalue weighted by molar-refractivity contribution is 5.95. The largest absolute Gasteiger partial charge is 0.354 e. The number of hydrogen-bond donors (Lipinski definition) is 2. The molecular formula is C16H15FN4. The van der Waals surface area contributed by atoms with Crippen molar-refractivity contribution in [1.29, 1.82) is 0 Å². The van der Waals surface area contributed by atoms with Crippen LogP contribution in [0, 0.1) is 5.82 Å². The lowest BCUT2D eigenvalue weighted by Gasteiger charge is -2.11. The van der Waals surface area contributed by atoms with E-state index in [0.29, 0.717) is 12.5 Å². The molecule has 0 radical (unpaired) electrons. The molecule has 21 heavy (non-hydrogen) atoms. The van der Waals surface area contributed by atoms with Gasteiger partial charge in [0.05, 0.1) is 6.20 Å². The first kappa shape index (κ1) is 13.3. The number of halogens is 1. The van der Waals surface area contributed by atoms with Crippen LogP contribution < -0.4 is 10.6 Å². The number of fused-ring (bicyclic) bond motifs is 1. The van der Waals surface area contributed by atoms with Gasteiger partial charge in [0.1, 0.15) is 0 Å². The molecule has 1 heterocycles. The minimum atomic E-state index is -0.482. The fraction of sp³-hybridized carbons (Fsp3) is 0.125. The van der Waals surface area contributed by atoms with Gasteiger partial charge in [-0.1, -0.05) is 36.4 Å². The second kappa shape index (κ2) is 5.75. The fourth-order valence-electron chi connectivity index (χ4n) is 2.16. The van der Waals surface area contributed by atoms with Crippen molar-refractivity contribution in [2.75, 3.05) is 17.2 Å². The summed E-state index contributed by atoms with van der Waals surface area (Å²) in [6.45, 7) is 2.61. The molecular weight excluding hydrogens is 267 g/mol. The van der Waals surface area contributed by atoms with Gasteiger partial charge in [0.2, 0.25) is 5.95 Å². The quantitative estimate of drug-likeness (QED) is 0.761. The van der Waals surface area contributed by atoms with Crippen LogP contribution >= 0.6 is 0 Å². The maximum atomic E-state index is 13.9. The SMILES string of the molecule is CCNc1ncc(F)c(Nc2cccc3ccccc23)n1. The number of anilines is 3. The smallest absolute Gasteiger partial charge is 0.224 e. The molecule has 3 rings (SSSR count). The molecule has 0 bridgehead atoms. The van der Waals surface area contributed by atoms with Gasteiger partial charge < -0.3 is 10.6 Å². The van der Waals surface area contributed by atoms with E-state index in [1.807, 2.05) is 49.4 Å². The number of rotatable bonds is 4.